The van der Waals surface area contributed by atoms with E-state index in [0.29, 0.717) is 26.3 Å². The Labute approximate surface area is 121 Å². The number of amides is 1. The zero-order valence-electron chi connectivity index (χ0n) is 9.98. The monoisotopic (exact) mass is 306 g/mol. The molecular formula is C12H13Cl3N2O. The van der Waals surface area contributed by atoms with E-state index in [0.717, 1.165) is 6.42 Å². The minimum Gasteiger partial charge on any atom is -0.295 e. The third-order valence-corrected chi connectivity index (χ3v) is 2.99. The van der Waals surface area contributed by atoms with E-state index in [-0.39, 0.29) is 5.91 Å². The van der Waals surface area contributed by atoms with Crippen LogP contribution < -0.4 is 10.9 Å². The van der Waals surface area contributed by atoms with Gasteiger partial charge in [0, 0.05) is 10.6 Å². The van der Waals surface area contributed by atoms with Crippen molar-refractivity contribution < 1.29 is 4.79 Å². The van der Waals surface area contributed by atoms with Crippen molar-refractivity contribution in [3.8, 4) is 0 Å². The summed E-state index contributed by atoms with van der Waals surface area (Å²) in [6.45, 7) is 3.68. The first-order chi connectivity index (χ1) is 8.45. The number of benzene rings is 1. The van der Waals surface area contributed by atoms with E-state index in [1.807, 2.05) is 13.0 Å². The van der Waals surface area contributed by atoms with Crippen LogP contribution in [0.25, 0.3) is 0 Å². The number of carbonyl (C=O) groups is 1. The first-order valence-electron chi connectivity index (χ1n) is 5.33. The molecule has 0 saturated heterocycles. The van der Waals surface area contributed by atoms with Crippen LogP contribution in [-0.2, 0) is 4.79 Å². The highest BCUT2D eigenvalue weighted by molar-refractivity contribution is 6.41. The van der Waals surface area contributed by atoms with Gasteiger partial charge >= 0.3 is 0 Å². The first kappa shape index (κ1) is 15.2. The Morgan fingerprint density at radius 2 is 1.83 bits per heavy atom. The lowest BCUT2D eigenvalue weighted by Gasteiger charge is -2.12. The normalized spacial score (nSPS) is 11.3. The van der Waals surface area contributed by atoms with Crippen LogP contribution in [0.2, 0.25) is 15.1 Å². The number of rotatable bonds is 4. The maximum absolute atomic E-state index is 11.6. The van der Waals surface area contributed by atoms with Gasteiger partial charge in [-0.25, -0.2) is 0 Å². The van der Waals surface area contributed by atoms with E-state index in [1.165, 1.54) is 12.1 Å². The minimum atomic E-state index is -0.237. The molecule has 0 fully saturated rings. The van der Waals surface area contributed by atoms with Crippen LogP contribution in [0, 0.1) is 0 Å². The molecule has 0 aliphatic heterocycles. The molecule has 1 aromatic carbocycles. The third kappa shape index (κ3) is 4.09. The average Bonchev–Trinajstić information content (AvgIpc) is 2.27. The summed E-state index contributed by atoms with van der Waals surface area (Å²) >= 11 is 17.7. The highest BCUT2D eigenvalue weighted by Crippen LogP contribution is 2.33. The van der Waals surface area contributed by atoms with Gasteiger partial charge in [-0.3, -0.25) is 15.6 Å². The molecule has 18 heavy (non-hydrogen) atoms. The highest BCUT2D eigenvalue weighted by atomic mass is 35.5. The Morgan fingerprint density at radius 3 is 2.33 bits per heavy atom. The summed E-state index contributed by atoms with van der Waals surface area (Å²) in [6, 6.07) is 3.08. The van der Waals surface area contributed by atoms with Gasteiger partial charge in [-0.1, -0.05) is 47.8 Å². The molecule has 2 N–H and O–H groups in total. The van der Waals surface area contributed by atoms with Crippen molar-refractivity contribution in [2.45, 2.75) is 20.3 Å². The van der Waals surface area contributed by atoms with Crippen LogP contribution in [0.1, 0.15) is 20.3 Å². The van der Waals surface area contributed by atoms with E-state index >= 15 is 0 Å². The van der Waals surface area contributed by atoms with Crippen LogP contribution >= 0.6 is 34.8 Å². The highest BCUT2D eigenvalue weighted by Gasteiger charge is 2.09. The summed E-state index contributed by atoms with van der Waals surface area (Å²) in [5.41, 5.74) is 6.23. The van der Waals surface area contributed by atoms with Crippen LogP contribution in [0.4, 0.5) is 5.69 Å². The van der Waals surface area contributed by atoms with Gasteiger partial charge in [-0.2, -0.15) is 0 Å². The molecular weight excluding hydrogens is 295 g/mol. The zero-order chi connectivity index (χ0) is 13.7. The van der Waals surface area contributed by atoms with Gasteiger partial charge in [0.15, 0.2) is 0 Å². The molecule has 0 unspecified atom stereocenters. The Hall–Kier alpha value is -0.900. The fourth-order valence-electron chi connectivity index (χ4n) is 1.28. The average molecular weight is 308 g/mol. The van der Waals surface area contributed by atoms with Gasteiger partial charge in [0.1, 0.15) is 0 Å². The Morgan fingerprint density at radius 1 is 1.28 bits per heavy atom. The Balaban J connectivity index is 2.76. The van der Waals surface area contributed by atoms with Crippen molar-refractivity contribution in [3.63, 3.8) is 0 Å². The third-order valence-electron chi connectivity index (χ3n) is 2.18. The molecule has 3 nitrogen and oxygen atoms in total. The summed E-state index contributed by atoms with van der Waals surface area (Å²) in [7, 11) is 0. The van der Waals surface area contributed by atoms with Gasteiger partial charge in [0.05, 0.1) is 15.7 Å². The van der Waals surface area contributed by atoms with Gasteiger partial charge in [0.2, 0.25) is 0 Å². The second-order valence-corrected chi connectivity index (χ2v) is 4.87. The summed E-state index contributed by atoms with van der Waals surface area (Å²) in [5.74, 6) is -0.237. The van der Waals surface area contributed by atoms with Crippen molar-refractivity contribution >= 4 is 46.4 Å². The summed E-state index contributed by atoms with van der Waals surface area (Å²) < 4.78 is 0. The van der Waals surface area contributed by atoms with Crippen LogP contribution in [-0.4, -0.2) is 5.91 Å². The smallest absolute Gasteiger partial charge is 0.264 e. The molecule has 0 spiro atoms. The van der Waals surface area contributed by atoms with Crippen molar-refractivity contribution in [2.24, 2.45) is 0 Å². The fraction of sp³-hybridized carbons (Fsp3) is 0.250. The van der Waals surface area contributed by atoms with E-state index in [2.05, 4.69) is 10.9 Å². The molecule has 1 aromatic rings. The predicted molar refractivity (Wildman–Crippen MR) is 77.3 cm³/mol. The van der Waals surface area contributed by atoms with Crippen molar-refractivity contribution in [2.75, 3.05) is 5.43 Å². The van der Waals surface area contributed by atoms with E-state index in [4.69, 9.17) is 34.8 Å². The molecule has 1 amide bonds. The SMILES string of the molecule is CC/C=C(/C)C(=O)NNc1c(Cl)cc(Cl)cc1Cl. The maximum atomic E-state index is 11.6. The largest absolute Gasteiger partial charge is 0.295 e. The van der Waals surface area contributed by atoms with E-state index < -0.39 is 0 Å². The topological polar surface area (TPSA) is 41.1 Å². The molecule has 0 aliphatic rings. The Bertz CT molecular complexity index is 463. The van der Waals surface area contributed by atoms with Gasteiger partial charge < -0.3 is 0 Å². The van der Waals surface area contributed by atoms with Crippen molar-refractivity contribution in [1.29, 1.82) is 0 Å². The van der Waals surface area contributed by atoms with Gasteiger partial charge in [0.25, 0.3) is 5.91 Å². The number of carbonyl (C=O) groups excluding carboxylic acids is 1. The quantitative estimate of drug-likeness (QED) is 0.637. The van der Waals surface area contributed by atoms with E-state index in [1.54, 1.807) is 6.92 Å². The van der Waals surface area contributed by atoms with E-state index in [9.17, 15) is 4.79 Å². The molecule has 0 aliphatic carbocycles. The molecule has 0 bridgehead atoms. The maximum Gasteiger partial charge on any atom is 0.264 e. The minimum absolute atomic E-state index is 0.237. The van der Waals surface area contributed by atoms with Gasteiger partial charge in [-0.05, 0) is 25.5 Å². The molecule has 0 aromatic heterocycles. The van der Waals surface area contributed by atoms with Crippen LogP contribution in [0.3, 0.4) is 0 Å². The first-order valence-corrected chi connectivity index (χ1v) is 6.46. The van der Waals surface area contributed by atoms with Crippen molar-refractivity contribution in [3.05, 3.63) is 38.8 Å². The number of hydrogen-bond donors (Lipinski definition) is 2. The summed E-state index contributed by atoms with van der Waals surface area (Å²) in [6.07, 6.45) is 2.61. The molecule has 98 valence electrons. The number of hydrazine groups is 1. The summed E-state index contributed by atoms with van der Waals surface area (Å²) in [5, 5.41) is 1.11. The number of hydrogen-bond acceptors (Lipinski definition) is 2. The van der Waals surface area contributed by atoms with Crippen LogP contribution in [0.5, 0.6) is 0 Å². The number of allylic oxidation sites excluding steroid dienone is 1. The Kier molecular flexibility index (Phi) is 5.79. The molecule has 6 heteroatoms. The lowest BCUT2D eigenvalue weighted by Crippen LogP contribution is -2.30. The standard InChI is InChI=1S/C12H13Cl3N2O/c1-3-4-7(2)12(18)17-16-11-9(14)5-8(13)6-10(11)15/h4-6,16H,3H2,1-2H3,(H,17,18)/b7-4-. The van der Waals surface area contributed by atoms with Crippen LogP contribution in [0.15, 0.2) is 23.8 Å². The second kappa shape index (κ2) is 6.88. The second-order valence-electron chi connectivity index (χ2n) is 3.62. The van der Waals surface area contributed by atoms with Gasteiger partial charge in [-0.15, -0.1) is 0 Å². The number of nitrogens with one attached hydrogen (secondary N) is 2. The predicted octanol–water partition coefficient (Wildman–Crippen LogP) is 4.45. The molecule has 0 heterocycles. The number of anilines is 1. The number of halogens is 3. The molecule has 0 atom stereocenters. The lowest BCUT2D eigenvalue weighted by molar-refractivity contribution is -0.117. The zero-order valence-corrected chi connectivity index (χ0v) is 12.2. The molecule has 0 radical (unpaired) electrons. The van der Waals surface area contributed by atoms with Crippen molar-refractivity contribution in [1.82, 2.24) is 5.43 Å². The summed E-state index contributed by atoms with van der Waals surface area (Å²) in [4.78, 5) is 11.6. The lowest BCUT2D eigenvalue weighted by atomic mass is 10.2. The fourth-order valence-corrected chi connectivity index (χ4v) is 2.19. The molecule has 1 rings (SSSR count). The molecule has 0 saturated carbocycles.